The van der Waals surface area contributed by atoms with Crippen LogP contribution in [0.5, 0.6) is 0 Å². The molecule has 152 valence electrons. The molecular formula is C21H25FN6O. The molecule has 1 unspecified atom stereocenters. The average molecular weight is 396 g/mol. The Morgan fingerprint density at radius 2 is 2.14 bits per heavy atom. The zero-order valence-corrected chi connectivity index (χ0v) is 16.8. The normalized spacial score (nSPS) is 18.1. The van der Waals surface area contributed by atoms with Crippen molar-refractivity contribution >= 4 is 22.6 Å². The molecule has 1 aliphatic heterocycles. The summed E-state index contributed by atoms with van der Waals surface area (Å²) in [4.78, 5) is 20.5. The second-order valence-corrected chi connectivity index (χ2v) is 7.57. The van der Waals surface area contributed by atoms with Crippen LogP contribution in [0.15, 0.2) is 42.9 Å². The van der Waals surface area contributed by atoms with Crippen molar-refractivity contribution in [3.05, 3.63) is 54.2 Å². The molecule has 7 nitrogen and oxygen atoms in total. The maximum absolute atomic E-state index is 14.0. The van der Waals surface area contributed by atoms with E-state index >= 15 is 0 Å². The van der Waals surface area contributed by atoms with Gasteiger partial charge in [0.25, 0.3) is 0 Å². The van der Waals surface area contributed by atoms with E-state index in [9.17, 15) is 9.18 Å². The average Bonchev–Trinajstić information content (AvgIpc) is 3.08. The number of rotatable bonds is 3. The Hall–Kier alpha value is -3.16. The van der Waals surface area contributed by atoms with Gasteiger partial charge in [0, 0.05) is 50.5 Å². The topological polar surface area (TPSA) is 66.3 Å². The quantitative estimate of drug-likeness (QED) is 0.739. The smallest absolute Gasteiger partial charge is 0.318 e. The van der Waals surface area contributed by atoms with E-state index in [1.54, 1.807) is 16.9 Å². The Labute approximate surface area is 169 Å². The lowest BCUT2D eigenvalue weighted by Crippen LogP contribution is -2.57. The predicted molar refractivity (Wildman–Crippen MR) is 110 cm³/mol. The number of anilines is 1. The van der Waals surface area contributed by atoms with Gasteiger partial charge in [-0.25, -0.2) is 9.18 Å². The summed E-state index contributed by atoms with van der Waals surface area (Å²) >= 11 is 0. The highest BCUT2D eigenvalue weighted by Gasteiger charge is 2.29. The van der Waals surface area contributed by atoms with Crippen molar-refractivity contribution in [1.29, 1.82) is 0 Å². The number of fused-ring (bicyclic) bond motifs is 1. The largest absolute Gasteiger partial charge is 0.365 e. The van der Waals surface area contributed by atoms with Gasteiger partial charge in [-0.05, 0) is 31.5 Å². The number of piperazine rings is 1. The van der Waals surface area contributed by atoms with Gasteiger partial charge < -0.3 is 15.1 Å². The van der Waals surface area contributed by atoms with Gasteiger partial charge in [0.05, 0.1) is 23.4 Å². The first-order valence-corrected chi connectivity index (χ1v) is 9.78. The van der Waals surface area contributed by atoms with Crippen molar-refractivity contribution in [2.45, 2.75) is 25.9 Å². The van der Waals surface area contributed by atoms with E-state index in [1.807, 2.05) is 55.1 Å². The van der Waals surface area contributed by atoms with E-state index in [2.05, 4.69) is 15.4 Å². The number of urea groups is 1. The van der Waals surface area contributed by atoms with Gasteiger partial charge in [0.15, 0.2) is 5.82 Å². The van der Waals surface area contributed by atoms with Gasteiger partial charge in [-0.15, -0.1) is 0 Å². The van der Waals surface area contributed by atoms with Gasteiger partial charge in [-0.3, -0.25) is 9.67 Å². The van der Waals surface area contributed by atoms with Crippen LogP contribution in [0.2, 0.25) is 0 Å². The molecule has 1 aromatic carbocycles. The molecular weight excluding hydrogens is 371 g/mol. The number of hydrogen-bond acceptors (Lipinski definition) is 4. The Balaban J connectivity index is 1.44. The van der Waals surface area contributed by atoms with Crippen molar-refractivity contribution in [2.24, 2.45) is 7.05 Å². The highest BCUT2D eigenvalue weighted by atomic mass is 19.1. The molecule has 1 aliphatic rings. The van der Waals surface area contributed by atoms with Gasteiger partial charge in [-0.1, -0.05) is 12.1 Å². The molecule has 1 N–H and O–H groups in total. The number of amides is 2. The maximum atomic E-state index is 14.0. The summed E-state index contributed by atoms with van der Waals surface area (Å²) in [6.45, 7) is 5.63. The number of halogens is 1. The van der Waals surface area contributed by atoms with Crippen LogP contribution in [-0.4, -0.2) is 51.4 Å². The van der Waals surface area contributed by atoms with E-state index in [-0.39, 0.29) is 23.9 Å². The molecule has 3 aromatic rings. The van der Waals surface area contributed by atoms with E-state index in [0.717, 1.165) is 16.5 Å². The summed E-state index contributed by atoms with van der Waals surface area (Å²) in [5.74, 6) is -0.337. The standard InChI is InChI=1S/C21H25FN6O/c1-14-12-27(20-7-8-23-11-18(20)22)9-10-28(14)21(29)24-15(2)16-5-4-6-19-17(16)13-26(3)25-19/h4-8,11,13-15H,9-10,12H2,1-3H3,(H,24,29)/t14?,15-/m0/s1. The SMILES string of the molecule is CC1CN(c2ccncc2F)CCN1C(=O)N[C@@H](C)c1cccc2nn(C)cc12. The second kappa shape index (κ2) is 7.69. The molecule has 1 saturated heterocycles. The first-order chi connectivity index (χ1) is 13.9. The lowest BCUT2D eigenvalue weighted by molar-refractivity contribution is 0.168. The zero-order chi connectivity index (χ0) is 20.5. The van der Waals surface area contributed by atoms with Crippen LogP contribution >= 0.6 is 0 Å². The minimum absolute atomic E-state index is 0.0438. The number of benzene rings is 1. The third kappa shape index (κ3) is 3.74. The number of hydrogen-bond donors (Lipinski definition) is 1. The number of aryl methyl sites for hydroxylation is 1. The van der Waals surface area contributed by atoms with Crippen LogP contribution in [-0.2, 0) is 7.05 Å². The lowest BCUT2D eigenvalue weighted by Gasteiger charge is -2.41. The third-order valence-corrected chi connectivity index (χ3v) is 5.48. The number of nitrogens with one attached hydrogen (secondary N) is 1. The lowest BCUT2D eigenvalue weighted by atomic mass is 10.0. The molecule has 1 fully saturated rings. The molecule has 0 aliphatic carbocycles. The number of carbonyl (C=O) groups excluding carboxylic acids is 1. The van der Waals surface area contributed by atoms with Crippen molar-refractivity contribution in [1.82, 2.24) is 25.0 Å². The van der Waals surface area contributed by atoms with Crippen molar-refractivity contribution in [2.75, 3.05) is 24.5 Å². The monoisotopic (exact) mass is 396 g/mol. The van der Waals surface area contributed by atoms with E-state index < -0.39 is 0 Å². The highest BCUT2D eigenvalue weighted by Crippen LogP contribution is 2.25. The van der Waals surface area contributed by atoms with E-state index in [4.69, 9.17) is 0 Å². The summed E-state index contributed by atoms with van der Waals surface area (Å²) in [7, 11) is 1.89. The van der Waals surface area contributed by atoms with Crippen molar-refractivity contribution in [3.8, 4) is 0 Å². The summed E-state index contributed by atoms with van der Waals surface area (Å²) in [5.41, 5.74) is 2.48. The molecule has 2 amide bonds. The second-order valence-electron chi connectivity index (χ2n) is 7.57. The molecule has 29 heavy (non-hydrogen) atoms. The molecule has 2 aromatic heterocycles. The summed E-state index contributed by atoms with van der Waals surface area (Å²) in [6, 6.07) is 7.30. The zero-order valence-electron chi connectivity index (χ0n) is 16.8. The molecule has 3 heterocycles. The molecule has 8 heteroatoms. The van der Waals surface area contributed by atoms with Gasteiger partial charge in [0.2, 0.25) is 0 Å². The molecule has 4 rings (SSSR count). The van der Waals surface area contributed by atoms with Crippen molar-refractivity contribution in [3.63, 3.8) is 0 Å². The number of aromatic nitrogens is 3. The fourth-order valence-corrected chi connectivity index (χ4v) is 4.01. The molecule has 2 atom stereocenters. The molecule has 0 bridgehead atoms. The Bertz CT molecular complexity index is 1030. The summed E-state index contributed by atoms with van der Waals surface area (Å²) in [5, 5.41) is 8.58. The number of pyridine rings is 1. The van der Waals surface area contributed by atoms with Gasteiger partial charge in [-0.2, -0.15) is 5.10 Å². The fourth-order valence-electron chi connectivity index (χ4n) is 4.01. The maximum Gasteiger partial charge on any atom is 0.318 e. The Kier molecular flexibility index (Phi) is 5.08. The summed E-state index contributed by atoms with van der Waals surface area (Å²) < 4.78 is 15.8. The van der Waals surface area contributed by atoms with Crippen LogP contribution in [0.3, 0.4) is 0 Å². The van der Waals surface area contributed by atoms with Crippen LogP contribution in [0.25, 0.3) is 10.9 Å². The van der Waals surface area contributed by atoms with E-state index in [1.165, 1.54) is 6.20 Å². The predicted octanol–water partition coefficient (Wildman–Crippen LogP) is 3.09. The number of nitrogens with zero attached hydrogens (tertiary/aromatic N) is 5. The fraction of sp³-hybridized carbons (Fsp3) is 0.381. The minimum atomic E-state index is -0.337. The Morgan fingerprint density at radius 1 is 1.31 bits per heavy atom. The van der Waals surface area contributed by atoms with E-state index in [0.29, 0.717) is 25.3 Å². The first-order valence-electron chi connectivity index (χ1n) is 9.78. The van der Waals surface area contributed by atoms with Gasteiger partial charge >= 0.3 is 6.03 Å². The highest BCUT2D eigenvalue weighted by molar-refractivity contribution is 5.83. The van der Waals surface area contributed by atoms with Crippen LogP contribution in [0.4, 0.5) is 14.9 Å². The van der Waals surface area contributed by atoms with Crippen molar-refractivity contribution < 1.29 is 9.18 Å². The Morgan fingerprint density at radius 3 is 2.90 bits per heavy atom. The van der Waals surface area contributed by atoms with Gasteiger partial charge in [0.1, 0.15) is 0 Å². The first kappa shape index (κ1) is 19.2. The number of carbonyl (C=O) groups is 1. The van der Waals surface area contributed by atoms with Crippen LogP contribution < -0.4 is 10.2 Å². The third-order valence-electron chi connectivity index (χ3n) is 5.48. The summed E-state index contributed by atoms with van der Waals surface area (Å²) in [6.07, 6.45) is 4.78. The van der Waals surface area contributed by atoms with Crippen LogP contribution in [0.1, 0.15) is 25.5 Å². The minimum Gasteiger partial charge on any atom is -0.365 e. The molecule has 0 spiro atoms. The van der Waals surface area contributed by atoms with Crippen LogP contribution in [0, 0.1) is 5.82 Å². The molecule has 0 radical (unpaired) electrons. The molecule has 0 saturated carbocycles.